The van der Waals surface area contributed by atoms with Crippen molar-refractivity contribution in [3.05, 3.63) is 65.5 Å². The predicted molar refractivity (Wildman–Crippen MR) is 123 cm³/mol. The second-order valence-electron chi connectivity index (χ2n) is 8.42. The Morgan fingerprint density at radius 3 is 2.44 bits per heavy atom. The smallest absolute Gasteiger partial charge is 0.261 e. The minimum absolute atomic E-state index is 0.00287. The van der Waals surface area contributed by atoms with Gasteiger partial charge in [0.1, 0.15) is 17.6 Å². The van der Waals surface area contributed by atoms with E-state index in [4.69, 9.17) is 4.74 Å². The van der Waals surface area contributed by atoms with Gasteiger partial charge in [-0.3, -0.25) is 9.59 Å². The molecule has 0 aliphatic heterocycles. The Hall–Kier alpha value is -2.89. The van der Waals surface area contributed by atoms with Crippen LogP contribution in [0.25, 0.3) is 0 Å². The molecule has 2 aromatic rings. The van der Waals surface area contributed by atoms with Gasteiger partial charge < -0.3 is 15.0 Å². The van der Waals surface area contributed by atoms with Crippen molar-refractivity contribution in [1.82, 2.24) is 10.2 Å². The number of benzene rings is 2. The molecule has 1 N–H and O–H groups in total. The third-order valence-electron chi connectivity index (χ3n) is 6.11. The summed E-state index contributed by atoms with van der Waals surface area (Å²) in [5.41, 5.74) is 1.54. The number of ether oxygens (including phenoxy) is 1. The molecule has 0 spiro atoms. The molecule has 32 heavy (non-hydrogen) atoms. The molecule has 1 aliphatic rings. The molecule has 1 atom stereocenters. The molecule has 1 fully saturated rings. The molecule has 6 heteroatoms. The maximum atomic E-state index is 14.3. The largest absolute Gasteiger partial charge is 0.484 e. The zero-order valence-corrected chi connectivity index (χ0v) is 19.0. The maximum absolute atomic E-state index is 14.3. The topological polar surface area (TPSA) is 58.6 Å². The van der Waals surface area contributed by atoms with Crippen molar-refractivity contribution in [3.8, 4) is 5.75 Å². The number of hydrogen-bond donors (Lipinski definition) is 1. The molecule has 172 valence electrons. The summed E-state index contributed by atoms with van der Waals surface area (Å²) in [5, 5.41) is 3.07. The lowest BCUT2D eigenvalue weighted by Gasteiger charge is -2.31. The van der Waals surface area contributed by atoms with Gasteiger partial charge in [0.2, 0.25) is 5.91 Å². The Balaban J connectivity index is 1.70. The SMILES string of the molecule is CCc1ccc(OCC(=O)N(Cc2ccccc2F)[C@H](C)C(=O)NC2CCCCC2)cc1. The summed E-state index contributed by atoms with van der Waals surface area (Å²) in [6, 6.07) is 13.3. The van der Waals surface area contributed by atoms with Crippen LogP contribution in [0.15, 0.2) is 48.5 Å². The molecule has 3 rings (SSSR count). The van der Waals surface area contributed by atoms with Gasteiger partial charge in [-0.2, -0.15) is 0 Å². The van der Waals surface area contributed by atoms with Crippen molar-refractivity contribution in [2.75, 3.05) is 6.61 Å². The van der Waals surface area contributed by atoms with E-state index in [9.17, 15) is 14.0 Å². The summed E-state index contributed by atoms with van der Waals surface area (Å²) < 4.78 is 20.0. The van der Waals surface area contributed by atoms with Gasteiger partial charge in [0, 0.05) is 18.2 Å². The summed E-state index contributed by atoms with van der Waals surface area (Å²) in [6.45, 7) is 3.54. The highest BCUT2D eigenvalue weighted by molar-refractivity contribution is 5.88. The van der Waals surface area contributed by atoms with Gasteiger partial charge in [0.15, 0.2) is 6.61 Å². The molecular weight excluding hydrogens is 407 g/mol. The van der Waals surface area contributed by atoms with Gasteiger partial charge in [-0.05, 0) is 49.9 Å². The van der Waals surface area contributed by atoms with Crippen molar-refractivity contribution in [3.63, 3.8) is 0 Å². The minimum Gasteiger partial charge on any atom is -0.484 e. The van der Waals surface area contributed by atoms with Gasteiger partial charge in [0.05, 0.1) is 0 Å². The summed E-state index contributed by atoms with van der Waals surface area (Å²) in [4.78, 5) is 27.4. The third-order valence-corrected chi connectivity index (χ3v) is 6.11. The van der Waals surface area contributed by atoms with E-state index in [0.29, 0.717) is 11.3 Å². The first-order chi connectivity index (χ1) is 15.5. The molecule has 0 saturated heterocycles. The summed E-state index contributed by atoms with van der Waals surface area (Å²) in [6.07, 6.45) is 6.22. The van der Waals surface area contributed by atoms with Crippen LogP contribution in [0.5, 0.6) is 5.75 Å². The quantitative estimate of drug-likeness (QED) is 0.618. The number of carbonyl (C=O) groups is 2. The van der Waals surface area contributed by atoms with Crippen molar-refractivity contribution in [1.29, 1.82) is 0 Å². The zero-order chi connectivity index (χ0) is 22.9. The average molecular weight is 441 g/mol. The van der Waals surface area contributed by atoms with Crippen molar-refractivity contribution >= 4 is 11.8 Å². The van der Waals surface area contributed by atoms with Crippen LogP contribution in [0.2, 0.25) is 0 Å². The van der Waals surface area contributed by atoms with Gasteiger partial charge in [-0.1, -0.05) is 56.5 Å². The summed E-state index contributed by atoms with van der Waals surface area (Å²) >= 11 is 0. The van der Waals surface area contributed by atoms with Gasteiger partial charge in [-0.25, -0.2) is 4.39 Å². The van der Waals surface area contributed by atoms with Crippen LogP contribution in [0.4, 0.5) is 4.39 Å². The van der Waals surface area contributed by atoms with Gasteiger partial charge in [0.25, 0.3) is 5.91 Å². The Bertz CT molecular complexity index is 894. The van der Waals surface area contributed by atoms with Crippen LogP contribution >= 0.6 is 0 Å². The van der Waals surface area contributed by atoms with Crippen LogP contribution in [0.1, 0.15) is 57.1 Å². The summed E-state index contributed by atoms with van der Waals surface area (Å²) in [5.74, 6) is -0.394. The maximum Gasteiger partial charge on any atom is 0.261 e. The van der Waals surface area contributed by atoms with Crippen LogP contribution in [-0.2, 0) is 22.6 Å². The number of halogens is 1. The molecule has 0 unspecified atom stereocenters. The Kier molecular flexibility index (Phi) is 8.65. The van der Waals surface area contributed by atoms with E-state index in [0.717, 1.165) is 32.1 Å². The molecule has 1 saturated carbocycles. The van der Waals surface area contributed by atoms with Crippen LogP contribution in [0, 0.1) is 5.82 Å². The molecular formula is C26H33FN2O3. The molecule has 0 heterocycles. The van der Waals surface area contributed by atoms with E-state index in [1.165, 1.54) is 23.0 Å². The van der Waals surface area contributed by atoms with Gasteiger partial charge >= 0.3 is 0 Å². The van der Waals surface area contributed by atoms with E-state index in [2.05, 4.69) is 12.2 Å². The van der Waals surface area contributed by atoms with Crippen molar-refractivity contribution < 1.29 is 18.7 Å². The van der Waals surface area contributed by atoms with Crippen LogP contribution in [0.3, 0.4) is 0 Å². The fraction of sp³-hybridized carbons (Fsp3) is 0.462. The zero-order valence-electron chi connectivity index (χ0n) is 19.0. The lowest BCUT2D eigenvalue weighted by molar-refractivity contribution is -0.142. The molecule has 2 aromatic carbocycles. The fourth-order valence-corrected chi connectivity index (χ4v) is 4.01. The molecule has 0 bridgehead atoms. The molecule has 0 radical (unpaired) electrons. The highest BCUT2D eigenvalue weighted by Crippen LogP contribution is 2.19. The van der Waals surface area contributed by atoms with Gasteiger partial charge in [-0.15, -0.1) is 0 Å². The normalized spacial score (nSPS) is 15.1. The Morgan fingerprint density at radius 1 is 1.09 bits per heavy atom. The Morgan fingerprint density at radius 2 is 1.78 bits per heavy atom. The second-order valence-corrected chi connectivity index (χ2v) is 8.42. The van der Waals surface area contributed by atoms with Crippen molar-refractivity contribution in [2.45, 2.75) is 71.0 Å². The lowest BCUT2D eigenvalue weighted by atomic mass is 9.95. The number of amides is 2. The first kappa shape index (κ1) is 23.8. The van der Waals surface area contributed by atoms with Crippen LogP contribution < -0.4 is 10.1 Å². The standard InChI is InChI=1S/C26H33FN2O3/c1-3-20-13-15-23(16-14-20)32-18-25(30)29(17-21-9-7-8-12-24(21)27)19(2)26(31)28-22-10-5-4-6-11-22/h7-9,12-16,19,22H,3-6,10-11,17-18H2,1-2H3,(H,28,31)/t19-/m1/s1. The van der Waals surface area contributed by atoms with Crippen molar-refractivity contribution in [2.24, 2.45) is 0 Å². The Labute approximate surface area is 190 Å². The minimum atomic E-state index is -0.741. The molecule has 0 aromatic heterocycles. The monoisotopic (exact) mass is 440 g/mol. The highest BCUT2D eigenvalue weighted by atomic mass is 19.1. The first-order valence-corrected chi connectivity index (χ1v) is 11.5. The van der Waals surface area contributed by atoms with Crippen LogP contribution in [-0.4, -0.2) is 35.4 Å². The average Bonchev–Trinajstić information content (AvgIpc) is 2.82. The number of aryl methyl sites for hydroxylation is 1. The van der Waals surface area contributed by atoms with E-state index >= 15 is 0 Å². The fourth-order valence-electron chi connectivity index (χ4n) is 4.01. The number of nitrogens with one attached hydrogen (secondary N) is 1. The van der Waals surface area contributed by atoms with E-state index in [1.807, 2.05) is 24.3 Å². The van der Waals surface area contributed by atoms with E-state index in [1.54, 1.807) is 25.1 Å². The second kappa shape index (κ2) is 11.7. The molecule has 1 aliphatic carbocycles. The highest BCUT2D eigenvalue weighted by Gasteiger charge is 2.29. The number of nitrogens with zero attached hydrogens (tertiary/aromatic N) is 1. The predicted octanol–water partition coefficient (Wildman–Crippen LogP) is 4.63. The number of rotatable bonds is 9. The van der Waals surface area contributed by atoms with E-state index in [-0.39, 0.29) is 31.0 Å². The first-order valence-electron chi connectivity index (χ1n) is 11.5. The molecule has 5 nitrogen and oxygen atoms in total. The number of carbonyl (C=O) groups excluding carboxylic acids is 2. The molecule has 2 amide bonds. The lowest BCUT2D eigenvalue weighted by Crippen LogP contribution is -2.51. The summed E-state index contributed by atoms with van der Waals surface area (Å²) in [7, 11) is 0. The number of hydrogen-bond acceptors (Lipinski definition) is 3. The van der Waals surface area contributed by atoms with E-state index < -0.39 is 11.9 Å². The third kappa shape index (κ3) is 6.55.